The summed E-state index contributed by atoms with van der Waals surface area (Å²) < 4.78 is 24.5. The van der Waals surface area contributed by atoms with Crippen molar-refractivity contribution in [3.63, 3.8) is 0 Å². The van der Waals surface area contributed by atoms with Crippen molar-refractivity contribution in [3.05, 3.63) is 60.2 Å². The summed E-state index contributed by atoms with van der Waals surface area (Å²) in [4.78, 5) is 10.5. The molecule has 0 aliphatic heterocycles. The van der Waals surface area contributed by atoms with Crippen molar-refractivity contribution in [1.29, 1.82) is 0 Å². The molecule has 3 heterocycles. The molecule has 0 atom stereocenters. The highest BCUT2D eigenvalue weighted by Gasteiger charge is 2.15. The van der Waals surface area contributed by atoms with Gasteiger partial charge in [-0.2, -0.15) is 4.98 Å². The highest BCUT2D eigenvalue weighted by Crippen LogP contribution is 2.24. The van der Waals surface area contributed by atoms with Crippen LogP contribution in [0.2, 0.25) is 0 Å². The Morgan fingerprint density at radius 3 is 2.67 bits per heavy atom. The SMILES string of the molecule is Cc1nnc(CN(C)c2ccc(-c3nc(-c4ccccc4F)no3)cn2)o1. The number of nitrogens with zero attached hydrogens (tertiary/aromatic N) is 6. The minimum Gasteiger partial charge on any atom is -0.424 e. The summed E-state index contributed by atoms with van der Waals surface area (Å²) in [6.07, 6.45) is 1.61. The Morgan fingerprint density at radius 2 is 1.96 bits per heavy atom. The van der Waals surface area contributed by atoms with Gasteiger partial charge < -0.3 is 13.8 Å². The minimum atomic E-state index is -0.406. The summed E-state index contributed by atoms with van der Waals surface area (Å²) in [6, 6.07) is 9.88. The molecule has 0 saturated carbocycles. The molecule has 0 unspecified atom stereocenters. The molecule has 0 spiro atoms. The number of hydrogen-bond acceptors (Lipinski definition) is 8. The molecule has 0 aliphatic carbocycles. The summed E-state index contributed by atoms with van der Waals surface area (Å²) in [5.74, 6) is 1.79. The van der Waals surface area contributed by atoms with Gasteiger partial charge in [-0.3, -0.25) is 0 Å². The molecule has 0 bridgehead atoms. The number of benzene rings is 1. The van der Waals surface area contributed by atoms with E-state index in [4.69, 9.17) is 8.94 Å². The van der Waals surface area contributed by atoms with Crippen molar-refractivity contribution in [2.75, 3.05) is 11.9 Å². The normalized spacial score (nSPS) is 10.9. The first-order valence-electron chi connectivity index (χ1n) is 8.15. The molecule has 0 N–H and O–H groups in total. The molecule has 3 aromatic heterocycles. The van der Waals surface area contributed by atoms with E-state index < -0.39 is 5.82 Å². The van der Waals surface area contributed by atoms with E-state index in [0.29, 0.717) is 29.7 Å². The monoisotopic (exact) mass is 366 g/mol. The quantitative estimate of drug-likeness (QED) is 0.531. The van der Waals surface area contributed by atoms with Gasteiger partial charge in [-0.15, -0.1) is 10.2 Å². The zero-order valence-corrected chi connectivity index (χ0v) is 14.6. The molecular formula is C18H15FN6O2. The van der Waals surface area contributed by atoms with Gasteiger partial charge in [-0.05, 0) is 24.3 Å². The Kier molecular flexibility index (Phi) is 4.33. The maximum absolute atomic E-state index is 13.9. The predicted octanol–water partition coefficient (Wildman–Crippen LogP) is 3.27. The van der Waals surface area contributed by atoms with Gasteiger partial charge in [-0.25, -0.2) is 9.37 Å². The number of pyridine rings is 1. The zero-order valence-electron chi connectivity index (χ0n) is 14.6. The summed E-state index contributed by atoms with van der Waals surface area (Å²) in [5, 5.41) is 11.6. The van der Waals surface area contributed by atoms with E-state index in [0.717, 1.165) is 0 Å². The average molecular weight is 366 g/mol. The van der Waals surface area contributed by atoms with Crippen molar-refractivity contribution in [2.45, 2.75) is 13.5 Å². The van der Waals surface area contributed by atoms with Crippen molar-refractivity contribution in [2.24, 2.45) is 0 Å². The van der Waals surface area contributed by atoms with E-state index in [2.05, 4.69) is 25.3 Å². The molecule has 8 nitrogen and oxygen atoms in total. The van der Waals surface area contributed by atoms with Crippen LogP contribution in [0, 0.1) is 12.7 Å². The van der Waals surface area contributed by atoms with Crippen LogP contribution in [-0.2, 0) is 6.54 Å². The Morgan fingerprint density at radius 1 is 1.11 bits per heavy atom. The molecule has 0 amide bonds. The number of halogens is 1. The van der Waals surface area contributed by atoms with Crippen molar-refractivity contribution < 1.29 is 13.3 Å². The largest absolute Gasteiger partial charge is 0.424 e. The van der Waals surface area contributed by atoms with Crippen LogP contribution >= 0.6 is 0 Å². The zero-order chi connectivity index (χ0) is 18.8. The van der Waals surface area contributed by atoms with Gasteiger partial charge in [0.15, 0.2) is 0 Å². The lowest BCUT2D eigenvalue weighted by molar-refractivity contribution is 0.431. The van der Waals surface area contributed by atoms with Gasteiger partial charge >= 0.3 is 0 Å². The fraction of sp³-hybridized carbons (Fsp3) is 0.167. The van der Waals surface area contributed by atoms with Gasteiger partial charge in [0.25, 0.3) is 5.89 Å². The standard InChI is InChI=1S/C18H15FN6O2/c1-11-22-23-16(26-11)10-25(2)15-8-7-12(9-20-15)18-21-17(24-27-18)13-5-3-4-6-14(13)19/h3-9H,10H2,1-2H3. The van der Waals surface area contributed by atoms with Gasteiger partial charge in [0.05, 0.1) is 17.7 Å². The Bertz CT molecular complexity index is 1060. The molecule has 9 heteroatoms. The van der Waals surface area contributed by atoms with Crippen LogP contribution in [-0.4, -0.2) is 32.4 Å². The number of hydrogen-bond donors (Lipinski definition) is 0. The first-order valence-corrected chi connectivity index (χ1v) is 8.15. The third kappa shape index (κ3) is 3.52. The van der Waals surface area contributed by atoms with E-state index in [1.165, 1.54) is 6.07 Å². The van der Waals surface area contributed by atoms with Crippen LogP contribution in [0.15, 0.2) is 51.5 Å². The van der Waals surface area contributed by atoms with Crippen LogP contribution in [0.25, 0.3) is 22.8 Å². The van der Waals surface area contributed by atoms with E-state index in [9.17, 15) is 4.39 Å². The molecule has 0 saturated heterocycles. The third-order valence-corrected chi connectivity index (χ3v) is 3.87. The van der Waals surface area contributed by atoms with Crippen molar-refractivity contribution in [1.82, 2.24) is 25.3 Å². The topological polar surface area (TPSA) is 94.0 Å². The summed E-state index contributed by atoms with van der Waals surface area (Å²) in [5.41, 5.74) is 0.919. The fourth-order valence-corrected chi connectivity index (χ4v) is 2.52. The third-order valence-electron chi connectivity index (χ3n) is 3.87. The maximum Gasteiger partial charge on any atom is 0.259 e. The Labute approximate surface area is 153 Å². The summed E-state index contributed by atoms with van der Waals surface area (Å²) >= 11 is 0. The number of aryl methyl sites for hydroxylation is 1. The molecule has 1 aromatic carbocycles. The van der Waals surface area contributed by atoms with Gasteiger partial charge in [-0.1, -0.05) is 17.3 Å². The molecule has 136 valence electrons. The highest BCUT2D eigenvalue weighted by atomic mass is 19.1. The summed E-state index contributed by atoms with van der Waals surface area (Å²) in [7, 11) is 1.87. The minimum absolute atomic E-state index is 0.191. The first kappa shape index (κ1) is 16.8. The van der Waals surface area contributed by atoms with E-state index in [-0.39, 0.29) is 17.3 Å². The molecule has 4 aromatic rings. The molecule has 0 aliphatic rings. The van der Waals surface area contributed by atoms with Crippen LogP contribution in [0.3, 0.4) is 0 Å². The van der Waals surface area contributed by atoms with Gasteiger partial charge in [0.2, 0.25) is 17.6 Å². The van der Waals surface area contributed by atoms with Crippen LogP contribution in [0.4, 0.5) is 10.2 Å². The van der Waals surface area contributed by atoms with Crippen LogP contribution < -0.4 is 4.90 Å². The predicted molar refractivity (Wildman–Crippen MR) is 94.1 cm³/mol. The maximum atomic E-state index is 13.9. The van der Waals surface area contributed by atoms with Crippen LogP contribution in [0.1, 0.15) is 11.8 Å². The van der Waals surface area contributed by atoms with E-state index >= 15 is 0 Å². The number of anilines is 1. The van der Waals surface area contributed by atoms with Crippen molar-refractivity contribution >= 4 is 5.82 Å². The molecule has 27 heavy (non-hydrogen) atoms. The first-order chi connectivity index (χ1) is 13.1. The molecule has 0 radical (unpaired) electrons. The van der Waals surface area contributed by atoms with E-state index in [1.54, 1.807) is 37.4 Å². The number of rotatable bonds is 5. The molecule has 0 fully saturated rings. The second-order valence-corrected chi connectivity index (χ2v) is 5.88. The Hall–Kier alpha value is -3.62. The average Bonchev–Trinajstić information content (AvgIpc) is 3.31. The van der Waals surface area contributed by atoms with Crippen LogP contribution in [0.5, 0.6) is 0 Å². The highest BCUT2D eigenvalue weighted by molar-refractivity contribution is 5.60. The lowest BCUT2D eigenvalue weighted by atomic mass is 10.2. The van der Waals surface area contributed by atoms with E-state index in [1.807, 2.05) is 18.0 Å². The summed E-state index contributed by atoms with van der Waals surface area (Å²) in [6.45, 7) is 2.18. The smallest absolute Gasteiger partial charge is 0.259 e. The second-order valence-electron chi connectivity index (χ2n) is 5.88. The second kappa shape index (κ2) is 6.94. The lowest BCUT2D eigenvalue weighted by Gasteiger charge is -2.15. The van der Waals surface area contributed by atoms with Crippen molar-refractivity contribution in [3.8, 4) is 22.8 Å². The fourth-order valence-electron chi connectivity index (χ4n) is 2.52. The lowest BCUT2D eigenvalue weighted by Crippen LogP contribution is -2.17. The molecule has 4 rings (SSSR count). The number of aromatic nitrogens is 5. The van der Waals surface area contributed by atoms with Gasteiger partial charge in [0, 0.05) is 20.2 Å². The Balaban J connectivity index is 1.52. The molecular weight excluding hydrogens is 351 g/mol. The van der Waals surface area contributed by atoms with Gasteiger partial charge in [0.1, 0.15) is 11.6 Å².